The van der Waals surface area contributed by atoms with Crippen LogP contribution in [0.3, 0.4) is 0 Å². The van der Waals surface area contributed by atoms with Crippen molar-refractivity contribution in [2.45, 2.75) is 19.4 Å². The summed E-state index contributed by atoms with van der Waals surface area (Å²) in [5.74, 6) is -1.20. The molecule has 31 heavy (non-hydrogen) atoms. The second-order valence-electron chi connectivity index (χ2n) is 6.61. The molecular weight excluding hydrogens is 408 g/mol. The first kappa shape index (κ1) is 21.8. The van der Waals surface area contributed by atoms with Crippen LogP contribution in [-0.2, 0) is 9.53 Å². The third-order valence-electron chi connectivity index (χ3n) is 4.88. The van der Waals surface area contributed by atoms with Crippen LogP contribution >= 0.6 is 0 Å². The van der Waals surface area contributed by atoms with Crippen molar-refractivity contribution >= 4 is 23.5 Å². The minimum absolute atomic E-state index is 0.0315. The van der Waals surface area contributed by atoms with Crippen LogP contribution in [-0.4, -0.2) is 48.4 Å². The van der Waals surface area contributed by atoms with Gasteiger partial charge in [0.1, 0.15) is 0 Å². The van der Waals surface area contributed by atoms with Crippen molar-refractivity contribution in [3.05, 3.63) is 63.2 Å². The standard InChI is InChI=1S/C21H20N2O8/c1-4-31-18-9-12(5-8-17(18)29-2)16(11-19(24)30-3)22-20(25)14-7-6-13(23(27)28)10-15(14)21(22)26/h5-10,16H,4,11H2,1-3H3. The van der Waals surface area contributed by atoms with E-state index in [1.165, 1.54) is 20.3 Å². The molecule has 1 unspecified atom stereocenters. The highest BCUT2D eigenvalue weighted by Gasteiger charge is 2.42. The molecule has 3 rings (SSSR count). The van der Waals surface area contributed by atoms with Gasteiger partial charge < -0.3 is 14.2 Å². The second kappa shape index (κ2) is 8.82. The largest absolute Gasteiger partial charge is 0.493 e. The van der Waals surface area contributed by atoms with Crippen LogP contribution in [0.2, 0.25) is 0 Å². The maximum Gasteiger partial charge on any atom is 0.307 e. The van der Waals surface area contributed by atoms with Crippen LogP contribution in [0.5, 0.6) is 11.5 Å². The molecule has 162 valence electrons. The zero-order valence-electron chi connectivity index (χ0n) is 17.1. The summed E-state index contributed by atoms with van der Waals surface area (Å²) in [4.78, 5) is 49.6. The van der Waals surface area contributed by atoms with E-state index in [1.54, 1.807) is 25.1 Å². The number of ether oxygens (including phenoxy) is 3. The Morgan fingerprint density at radius 2 is 1.77 bits per heavy atom. The van der Waals surface area contributed by atoms with Gasteiger partial charge in [0.2, 0.25) is 0 Å². The Balaban J connectivity index is 2.08. The number of non-ortho nitro benzene ring substituents is 1. The molecule has 10 nitrogen and oxygen atoms in total. The summed E-state index contributed by atoms with van der Waals surface area (Å²) in [5.41, 5.74) is 0.0737. The first-order chi connectivity index (χ1) is 14.8. The van der Waals surface area contributed by atoms with Gasteiger partial charge in [0, 0.05) is 12.1 Å². The number of benzene rings is 2. The quantitative estimate of drug-likeness (QED) is 0.272. The number of methoxy groups -OCH3 is 2. The lowest BCUT2D eigenvalue weighted by Gasteiger charge is -2.26. The van der Waals surface area contributed by atoms with Gasteiger partial charge in [-0.3, -0.25) is 29.4 Å². The summed E-state index contributed by atoms with van der Waals surface area (Å²) in [6.45, 7) is 2.13. The van der Waals surface area contributed by atoms with E-state index >= 15 is 0 Å². The predicted octanol–water partition coefficient (Wildman–Crippen LogP) is 2.90. The van der Waals surface area contributed by atoms with E-state index in [0.717, 1.165) is 17.0 Å². The first-order valence-electron chi connectivity index (χ1n) is 9.36. The molecule has 0 radical (unpaired) electrons. The average Bonchev–Trinajstić information content (AvgIpc) is 3.01. The third-order valence-corrected chi connectivity index (χ3v) is 4.88. The van der Waals surface area contributed by atoms with Gasteiger partial charge in [0.25, 0.3) is 17.5 Å². The van der Waals surface area contributed by atoms with E-state index < -0.39 is 28.7 Å². The fourth-order valence-electron chi connectivity index (χ4n) is 3.41. The molecule has 10 heteroatoms. The number of imide groups is 1. The van der Waals surface area contributed by atoms with E-state index in [4.69, 9.17) is 14.2 Å². The van der Waals surface area contributed by atoms with Crippen LogP contribution in [0.25, 0.3) is 0 Å². The highest BCUT2D eigenvalue weighted by Crippen LogP contribution is 2.38. The monoisotopic (exact) mass is 428 g/mol. The van der Waals surface area contributed by atoms with E-state index in [9.17, 15) is 24.5 Å². The lowest BCUT2D eigenvalue weighted by Crippen LogP contribution is -2.35. The number of carbonyl (C=O) groups is 3. The fraction of sp³-hybridized carbons (Fsp3) is 0.286. The molecule has 0 fully saturated rings. The van der Waals surface area contributed by atoms with Gasteiger partial charge in [-0.25, -0.2) is 0 Å². The molecule has 1 atom stereocenters. The highest BCUT2D eigenvalue weighted by atomic mass is 16.6. The number of amides is 2. The van der Waals surface area contributed by atoms with Crippen molar-refractivity contribution in [3.63, 3.8) is 0 Å². The average molecular weight is 428 g/mol. The van der Waals surface area contributed by atoms with Crippen molar-refractivity contribution in [3.8, 4) is 11.5 Å². The topological polar surface area (TPSA) is 125 Å². The molecule has 0 aliphatic carbocycles. The molecule has 0 aromatic heterocycles. The number of esters is 1. The number of hydrogen-bond acceptors (Lipinski definition) is 8. The highest BCUT2D eigenvalue weighted by molar-refractivity contribution is 6.22. The third kappa shape index (κ3) is 4.04. The van der Waals surface area contributed by atoms with Crippen molar-refractivity contribution in [2.75, 3.05) is 20.8 Å². The van der Waals surface area contributed by atoms with Gasteiger partial charge in [-0.05, 0) is 30.7 Å². The molecule has 2 aromatic carbocycles. The zero-order chi connectivity index (χ0) is 22.7. The number of nitrogens with zero attached hydrogens (tertiary/aromatic N) is 2. The lowest BCUT2D eigenvalue weighted by molar-refractivity contribution is -0.384. The summed E-state index contributed by atoms with van der Waals surface area (Å²) in [6.07, 6.45) is -0.304. The van der Waals surface area contributed by atoms with Gasteiger partial charge >= 0.3 is 5.97 Å². The number of nitro benzene ring substituents is 1. The van der Waals surface area contributed by atoms with Gasteiger partial charge in [-0.15, -0.1) is 0 Å². The van der Waals surface area contributed by atoms with E-state index in [-0.39, 0.29) is 23.2 Å². The molecule has 0 bridgehead atoms. The Morgan fingerprint density at radius 1 is 1.06 bits per heavy atom. The molecule has 0 saturated heterocycles. The molecule has 2 amide bonds. The molecule has 0 saturated carbocycles. The Kier molecular flexibility index (Phi) is 6.19. The molecule has 1 aliphatic heterocycles. The summed E-state index contributed by atoms with van der Waals surface area (Å²) in [7, 11) is 2.67. The van der Waals surface area contributed by atoms with E-state index in [0.29, 0.717) is 23.7 Å². The fourth-order valence-corrected chi connectivity index (χ4v) is 3.41. The van der Waals surface area contributed by atoms with Crippen LogP contribution in [0.4, 0.5) is 5.69 Å². The Morgan fingerprint density at radius 3 is 2.39 bits per heavy atom. The zero-order valence-corrected chi connectivity index (χ0v) is 17.1. The summed E-state index contributed by atoms with van der Waals surface area (Å²) >= 11 is 0. The maximum absolute atomic E-state index is 13.1. The molecule has 0 spiro atoms. The van der Waals surface area contributed by atoms with E-state index in [1.807, 2.05) is 0 Å². The van der Waals surface area contributed by atoms with Gasteiger partial charge in [-0.1, -0.05) is 6.07 Å². The number of carbonyl (C=O) groups excluding carboxylic acids is 3. The number of fused-ring (bicyclic) bond motifs is 1. The molecule has 2 aromatic rings. The van der Waals surface area contributed by atoms with Crippen LogP contribution in [0, 0.1) is 10.1 Å². The number of hydrogen-bond donors (Lipinski definition) is 0. The van der Waals surface area contributed by atoms with Crippen molar-refractivity contribution < 1.29 is 33.5 Å². The Bertz CT molecular complexity index is 1070. The van der Waals surface area contributed by atoms with Crippen molar-refractivity contribution in [1.82, 2.24) is 4.90 Å². The normalized spacial score (nSPS) is 13.6. The van der Waals surface area contributed by atoms with Crippen LogP contribution < -0.4 is 9.47 Å². The van der Waals surface area contributed by atoms with Gasteiger partial charge in [0.15, 0.2) is 11.5 Å². The number of nitro groups is 1. The first-order valence-corrected chi connectivity index (χ1v) is 9.36. The smallest absolute Gasteiger partial charge is 0.307 e. The minimum atomic E-state index is -1.01. The molecular formula is C21H20N2O8. The summed E-state index contributed by atoms with van der Waals surface area (Å²) in [6, 6.07) is 7.25. The van der Waals surface area contributed by atoms with E-state index in [2.05, 4.69) is 0 Å². The Hall–Kier alpha value is -3.95. The minimum Gasteiger partial charge on any atom is -0.493 e. The van der Waals surface area contributed by atoms with Gasteiger partial charge in [-0.2, -0.15) is 0 Å². The SMILES string of the molecule is CCOc1cc(C(CC(=O)OC)N2C(=O)c3ccc([N+](=O)[O-])cc3C2=O)ccc1OC. The van der Waals surface area contributed by atoms with Crippen LogP contribution in [0.15, 0.2) is 36.4 Å². The second-order valence-corrected chi connectivity index (χ2v) is 6.61. The van der Waals surface area contributed by atoms with Crippen LogP contribution in [0.1, 0.15) is 45.7 Å². The molecule has 1 heterocycles. The lowest BCUT2D eigenvalue weighted by atomic mass is 10.0. The maximum atomic E-state index is 13.1. The predicted molar refractivity (Wildman–Crippen MR) is 107 cm³/mol. The summed E-state index contributed by atoms with van der Waals surface area (Å²) in [5, 5.41) is 11.1. The molecule has 0 N–H and O–H groups in total. The Labute approximate surface area is 177 Å². The van der Waals surface area contributed by atoms with Crippen molar-refractivity contribution in [1.29, 1.82) is 0 Å². The summed E-state index contributed by atoms with van der Waals surface area (Å²) < 4.78 is 15.6. The van der Waals surface area contributed by atoms with Gasteiger partial charge in [0.05, 0.1) is 49.3 Å². The number of rotatable bonds is 8. The molecule has 1 aliphatic rings. The van der Waals surface area contributed by atoms with Crippen molar-refractivity contribution in [2.24, 2.45) is 0 Å².